The fourth-order valence-electron chi connectivity index (χ4n) is 6.76. The maximum absolute atomic E-state index is 12.8. The van der Waals surface area contributed by atoms with Crippen LogP contribution in [0.5, 0.6) is 0 Å². The van der Waals surface area contributed by atoms with Gasteiger partial charge in [-0.2, -0.15) is 0 Å². The molecular formula is C46H86NO11P. The molecule has 0 aliphatic carbocycles. The first-order chi connectivity index (χ1) is 28.3. The molecule has 0 aromatic carbocycles. The van der Waals surface area contributed by atoms with Crippen LogP contribution in [-0.4, -0.2) is 111 Å². The molecule has 0 spiro atoms. The molecule has 0 aromatic heterocycles. The molecule has 0 aromatic rings. The number of aliphatic hydroxyl groups is 3. The topological polar surface area (TPSA) is 164 Å². The van der Waals surface area contributed by atoms with Crippen molar-refractivity contribution in [3.05, 3.63) is 36.5 Å². The van der Waals surface area contributed by atoms with Crippen LogP contribution in [0.3, 0.4) is 0 Å². The minimum atomic E-state index is -4.61. The van der Waals surface area contributed by atoms with Crippen molar-refractivity contribution in [2.45, 2.75) is 192 Å². The van der Waals surface area contributed by atoms with E-state index in [1.165, 1.54) is 64.2 Å². The lowest BCUT2D eigenvalue weighted by atomic mass is 9.87. The second-order valence-electron chi connectivity index (χ2n) is 17.3. The minimum absolute atomic E-state index is 0.0153. The summed E-state index contributed by atoms with van der Waals surface area (Å²) in [7, 11) is 1.18. The quantitative estimate of drug-likeness (QED) is 0.0179. The van der Waals surface area contributed by atoms with E-state index in [0.29, 0.717) is 43.3 Å². The largest absolute Gasteiger partial charge is 0.756 e. The van der Waals surface area contributed by atoms with Gasteiger partial charge in [-0.05, 0) is 57.8 Å². The van der Waals surface area contributed by atoms with Crippen LogP contribution in [0.1, 0.15) is 162 Å². The van der Waals surface area contributed by atoms with Gasteiger partial charge in [0.05, 0.1) is 52.7 Å². The van der Waals surface area contributed by atoms with Crippen molar-refractivity contribution >= 4 is 13.8 Å². The van der Waals surface area contributed by atoms with Crippen LogP contribution in [0.4, 0.5) is 0 Å². The Balaban J connectivity index is 2.48. The normalized spacial score (nSPS) is 21.1. The van der Waals surface area contributed by atoms with Crippen LogP contribution in [0, 0.1) is 5.92 Å². The van der Waals surface area contributed by atoms with Crippen molar-refractivity contribution in [1.82, 2.24) is 0 Å². The molecular weight excluding hydrogens is 773 g/mol. The van der Waals surface area contributed by atoms with Gasteiger partial charge < -0.3 is 48.0 Å². The monoisotopic (exact) mass is 860 g/mol. The summed E-state index contributed by atoms with van der Waals surface area (Å²) in [5, 5.41) is 31.0. The van der Waals surface area contributed by atoms with E-state index >= 15 is 0 Å². The molecule has 59 heavy (non-hydrogen) atoms. The molecule has 1 rings (SSSR count). The van der Waals surface area contributed by atoms with Crippen molar-refractivity contribution in [1.29, 1.82) is 0 Å². The van der Waals surface area contributed by atoms with E-state index in [4.69, 9.17) is 23.3 Å². The Labute approximate surface area is 359 Å². The first-order valence-electron chi connectivity index (χ1n) is 23.1. The summed E-state index contributed by atoms with van der Waals surface area (Å²) in [4.78, 5) is 25.3. The number of unbranched alkanes of at least 4 members (excludes halogenated alkanes) is 15. The maximum atomic E-state index is 12.8. The number of aliphatic hydroxyl groups excluding tert-OH is 3. The molecule has 1 fully saturated rings. The molecule has 13 heteroatoms. The molecule has 7 atom stereocenters. The van der Waals surface area contributed by atoms with Crippen LogP contribution in [0.15, 0.2) is 36.5 Å². The molecule has 1 aliphatic rings. The van der Waals surface area contributed by atoms with Gasteiger partial charge in [0, 0.05) is 25.4 Å². The Bertz CT molecular complexity index is 1160. The SMILES string of the molecule is CCCCCCCC/C=C\CCCCCCCCOCC(COP(=O)([O-])OCC[N+](C)(C)C)OC(=O)CCC/C=C\CC1C(O)CC(O)OC1/C=C/C(O)CCCCC. The average molecular weight is 860 g/mol. The third-order valence-corrected chi connectivity index (χ3v) is 11.4. The van der Waals surface area contributed by atoms with Crippen LogP contribution < -0.4 is 4.89 Å². The highest BCUT2D eigenvalue weighted by atomic mass is 31.2. The van der Waals surface area contributed by atoms with E-state index in [2.05, 4.69) is 26.0 Å². The van der Waals surface area contributed by atoms with Crippen LogP contribution in [0.25, 0.3) is 0 Å². The van der Waals surface area contributed by atoms with Gasteiger partial charge >= 0.3 is 5.97 Å². The van der Waals surface area contributed by atoms with Gasteiger partial charge in [0.1, 0.15) is 19.3 Å². The summed E-state index contributed by atoms with van der Waals surface area (Å²) < 4.78 is 40.2. The lowest BCUT2D eigenvalue weighted by Gasteiger charge is -2.36. The van der Waals surface area contributed by atoms with Crippen LogP contribution >= 0.6 is 7.82 Å². The van der Waals surface area contributed by atoms with Gasteiger partial charge in [-0.3, -0.25) is 9.36 Å². The summed E-state index contributed by atoms with van der Waals surface area (Å²) >= 11 is 0. The van der Waals surface area contributed by atoms with E-state index < -0.39 is 51.1 Å². The van der Waals surface area contributed by atoms with Gasteiger partial charge in [-0.25, -0.2) is 0 Å². The van der Waals surface area contributed by atoms with Crippen molar-refractivity contribution in [3.63, 3.8) is 0 Å². The van der Waals surface area contributed by atoms with E-state index in [1.54, 1.807) is 12.2 Å². The third-order valence-electron chi connectivity index (χ3n) is 10.5. The number of quaternary nitrogens is 1. The molecule has 1 heterocycles. The number of ether oxygens (including phenoxy) is 3. The number of phosphoric ester groups is 1. The van der Waals surface area contributed by atoms with E-state index in [-0.39, 0.29) is 32.0 Å². The highest BCUT2D eigenvalue weighted by Gasteiger charge is 2.35. The van der Waals surface area contributed by atoms with Crippen LogP contribution in [-0.2, 0) is 32.6 Å². The Morgan fingerprint density at radius 1 is 0.797 bits per heavy atom. The van der Waals surface area contributed by atoms with Gasteiger partial charge in [0.25, 0.3) is 7.82 Å². The molecule has 0 bridgehead atoms. The molecule has 0 amide bonds. The second kappa shape index (κ2) is 35.1. The van der Waals surface area contributed by atoms with Crippen LogP contribution in [0.2, 0.25) is 0 Å². The Morgan fingerprint density at radius 3 is 2.05 bits per heavy atom. The number of nitrogens with zero attached hydrogens (tertiary/aromatic N) is 1. The number of allylic oxidation sites excluding steroid dienone is 4. The van der Waals surface area contributed by atoms with Crippen molar-refractivity contribution < 1.29 is 57.3 Å². The predicted octanol–water partition coefficient (Wildman–Crippen LogP) is 8.86. The van der Waals surface area contributed by atoms with Gasteiger partial charge in [-0.15, -0.1) is 0 Å². The number of carbonyl (C=O) groups excluding carboxylic acids is 1. The Morgan fingerprint density at radius 2 is 1.39 bits per heavy atom. The van der Waals surface area contributed by atoms with Gasteiger partial charge in [-0.1, -0.05) is 127 Å². The fraction of sp³-hybridized carbons (Fsp3) is 0.848. The average Bonchev–Trinajstić information content (AvgIpc) is 3.17. The first kappa shape index (κ1) is 55.6. The molecule has 12 nitrogen and oxygen atoms in total. The second-order valence-corrected chi connectivity index (χ2v) is 18.7. The highest BCUT2D eigenvalue weighted by Crippen LogP contribution is 2.38. The Hall–Kier alpha value is -1.44. The molecule has 0 radical (unpaired) electrons. The molecule has 3 N–H and O–H groups in total. The van der Waals surface area contributed by atoms with Gasteiger partial charge in [0.2, 0.25) is 0 Å². The van der Waals surface area contributed by atoms with Crippen molar-refractivity contribution in [3.8, 4) is 0 Å². The summed E-state index contributed by atoms with van der Waals surface area (Å²) in [6, 6.07) is 0. The summed E-state index contributed by atoms with van der Waals surface area (Å²) in [5.74, 6) is -0.767. The number of rotatable bonds is 38. The fourth-order valence-corrected chi connectivity index (χ4v) is 7.48. The van der Waals surface area contributed by atoms with E-state index in [0.717, 1.165) is 44.9 Å². The lowest BCUT2D eigenvalue weighted by Crippen LogP contribution is -2.43. The van der Waals surface area contributed by atoms with E-state index in [9.17, 15) is 29.6 Å². The number of likely N-dealkylation sites (N-methyl/N-ethyl adjacent to an activating group) is 1. The number of carbonyl (C=O) groups is 1. The molecule has 1 aliphatic heterocycles. The highest BCUT2D eigenvalue weighted by molar-refractivity contribution is 7.45. The summed E-state index contributed by atoms with van der Waals surface area (Å²) in [6.45, 7) is 4.91. The standard InChI is InChI=1S/C46H86NO11P/c1-6-8-10-11-12-13-14-15-16-17-18-19-20-21-24-28-35-54-38-41(39-56-59(52,53)55-36-34-47(3,4)5)57-45(50)31-27-23-22-26-30-42-43(49)37-46(51)58-44(42)33-32-40(48)29-25-9-7-2/h15-16,22,26,32-33,40-44,46,48-49,51H,6-14,17-21,23-25,27-31,34-39H2,1-5H3/b16-15-,26-22-,33-32+. The smallest absolute Gasteiger partial charge is 0.306 e. The van der Waals surface area contributed by atoms with Crippen molar-refractivity contribution in [2.75, 3.05) is 54.1 Å². The zero-order valence-corrected chi connectivity index (χ0v) is 38.6. The number of esters is 1. The first-order valence-corrected chi connectivity index (χ1v) is 24.6. The number of hydrogen-bond donors (Lipinski definition) is 3. The molecule has 7 unspecified atom stereocenters. The number of phosphoric acid groups is 1. The van der Waals surface area contributed by atoms with E-state index in [1.807, 2.05) is 33.3 Å². The minimum Gasteiger partial charge on any atom is -0.756 e. The number of hydrogen-bond acceptors (Lipinski definition) is 11. The van der Waals surface area contributed by atoms with Gasteiger partial charge in [0.15, 0.2) is 6.29 Å². The summed E-state index contributed by atoms with van der Waals surface area (Å²) in [5.41, 5.74) is 0. The lowest BCUT2D eigenvalue weighted by molar-refractivity contribution is -0.870. The summed E-state index contributed by atoms with van der Waals surface area (Å²) in [6.07, 6.45) is 30.6. The zero-order valence-electron chi connectivity index (χ0n) is 37.7. The Kier molecular flexibility index (Phi) is 33.0. The van der Waals surface area contributed by atoms with Crippen molar-refractivity contribution in [2.24, 2.45) is 5.92 Å². The maximum Gasteiger partial charge on any atom is 0.306 e. The molecule has 346 valence electrons. The molecule has 1 saturated heterocycles. The zero-order chi connectivity index (χ0) is 43.6. The third kappa shape index (κ3) is 32.9. The molecule has 0 saturated carbocycles. The predicted molar refractivity (Wildman–Crippen MR) is 234 cm³/mol.